The van der Waals surface area contributed by atoms with Crippen LogP contribution >= 0.6 is 27.5 Å². The standard InChI is InChI=1S/C19H24BrClN2O2/c1-22-7-4-8-23-12-15-10-17(20)19(18(11-15)24-2)25-13-14-5-3-6-16(21)9-14/h3,5-6,9-11,22-23H,4,7-8,12-13H2,1-2H3. The van der Waals surface area contributed by atoms with Gasteiger partial charge in [-0.05, 0) is 77.9 Å². The molecule has 0 aliphatic carbocycles. The summed E-state index contributed by atoms with van der Waals surface area (Å²) in [6.07, 6.45) is 1.09. The van der Waals surface area contributed by atoms with Crippen LogP contribution in [0, 0.1) is 0 Å². The Morgan fingerprint density at radius 3 is 2.68 bits per heavy atom. The summed E-state index contributed by atoms with van der Waals surface area (Å²) in [5.74, 6) is 1.41. The van der Waals surface area contributed by atoms with Crippen molar-refractivity contribution in [3.63, 3.8) is 0 Å². The molecule has 0 saturated carbocycles. The second kappa shape index (κ2) is 10.7. The molecule has 0 spiro atoms. The van der Waals surface area contributed by atoms with Crippen LogP contribution in [0.15, 0.2) is 40.9 Å². The third-order valence-electron chi connectivity index (χ3n) is 3.67. The summed E-state index contributed by atoms with van der Waals surface area (Å²) >= 11 is 9.61. The van der Waals surface area contributed by atoms with Gasteiger partial charge in [0.1, 0.15) is 6.61 Å². The molecule has 0 saturated heterocycles. The van der Waals surface area contributed by atoms with Gasteiger partial charge in [-0.1, -0.05) is 23.7 Å². The van der Waals surface area contributed by atoms with Crippen molar-refractivity contribution >= 4 is 27.5 Å². The number of hydrogen-bond acceptors (Lipinski definition) is 4. The Balaban J connectivity index is 2.00. The molecule has 2 N–H and O–H groups in total. The van der Waals surface area contributed by atoms with E-state index in [1.807, 2.05) is 37.4 Å². The fourth-order valence-corrected chi connectivity index (χ4v) is 3.24. The summed E-state index contributed by atoms with van der Waals surface area (Å²) in [4.78, 5) is 0. The van der Waals surface area contributed by atoms with Crippen LogP contribution < -0.4 is 20.1 Å². The van der Waals surface area contributed by atoms with Crippen LogP contribution in [0.5, 0.6) is 11.5 Å². The van der Waals surface area contributed by atoms with Gasteiger partial charge in [0.25, 0.3) is 0 Å². The number of rotatable bonds is 10. The highest BCUT2D eigenvalue weighted by Crippen LogP contribution is 2.37. The molecule has 0 atom stereocenters. The van der Waals surface area contributed by atoms with Crippen molar-refractivity contribution in [1.29, 1.82) is 0 Å². The number of methoxy groups -OCH3 is 1. The lowest BCUT2D eigenvalue weighted by Gasteiger charge is -2.15. The van der Waals surface area contributed by atoms with Gasteiger partial charge in [0.05, 0.1) is 11.6 Å². The van der Waals surface area contributed by atoms with Crippen LogP contribution in [-0.4, -0.2) is 27.2 Å². The molecule has 0 fully saturated rings. The highest BCUT2D eigenvalue weighted by atomic mass is 79.9. The van der Waals surface area contributed by atoms with E-state index >= 15 is 0 Å². The predicted octanol–water partition coefficient (Wildman–Crippen LogP) is 4.39. The highest BCUT2D eigenvalue weighted by molar-refractivity contribution is 9.10. The molecule has 0 heterocycles. The van der Waals surface area contributed by atoms with E-state index in [4.69, 9.17) is 21.1 Å². The summed E-state index contributed by atoms with van der Waals surface area (Å²) in [6, 6.07) is 11.7. The lowest BCUT2D eigenvalue weighted by Crippen LogP contribution is -2.19. The van der Waals surface area contributed by atoms with E-state index in [1.165, 1.54) is 0 Å². The Labute approximate surface area is 163 Å². The van der Waals surface area contributed by atoms with E-state index in [1.54, 1.807) is 7.11 Å². The molecular weight excluding hydrogens is 404 g/mol. The highest BCUT2D eigenvalue weighted by Gasteiger charge is 2.12. The first-order chi connectivity index (χ1) is 12.1. The molecule has 0 aromatic heterocycles. The predicted molar refractivity (Wildman–Crippen MR) is 107 cm³/mol. The second-order valence-electron chi connectivity index (χ2n) is 5.66. The third kappa shape index (κ3) is 6.51. The normalized spacial score (nSPS) is 10.7. The van der Waals surface area contributed by atoms with Crippen molar-refractivity contribution in [3.05, 3.63) is 57.0 Å². The fraction of sp³-hybridized carbons (Fsp3) is 0.368. The van der Waals surface area contributed by atoms with Crippen molar-refractivity contribution < 1.29 is 9.47 Å². The monoisotopic (exact) mass is 426 g/mol. The van der Waals surface area contributed by atoms with Crippen LogP contribution in [0.3, 0.4) is 0 Å². The van der Waals surface area contributed by atoms with Gasteiger partial charge in [0, 0.05) is 11.6 Å². The third-order valence-corrected chi connectivity index (χ3v) is 4.50. The van der Waals surface area contributed by atoms with Crippen LogP contribution in [0.2, 0.25) is 5.02 Å². The quantitative estimate of drug-likeness (QED) is 0.552. The van der Waals surface area contributed by atoms with Gasteiger partial charge >= 0.3 is 0 Å². The van der Waals surface area contributed by atoms with Crippen LogP contribution in [0.25, 0.3) is 0 Å². The molecule has 6 heteroatoms. The van der Waals surface area contributed by atoms with Crippen molar-refractivity contribution in [2.75, 3.05) is 27.2 Å². The molecule has 4 nitrogen and oxygen atoms in total. The summed E-state index contributed by atoms with van der Waals surface area (Å²) < 4.78 is 12.3. The van der Waals surface area contributed by atoms with Gasteiger partial charge in [0.2, 0.25) is 0 Å². The zero-order valence-corrected chi connectivity index (χ0v) is 16.9. The van der Waals surface area contributed by atoms with Crippen LogP contribution in [0.4, 0.5) is 0 Å². The van der Waals surface area contributed by atoms with E-state index in [-0.39, 0.29) is 0 Å². The first-order valence-electron chi connectivity index (χ1n) is 8.23. The number of benzene rings is 2. The van der Waals surface area contributed by atoms with E-state index < -0.39 is 0 Å². The van der Waals surface area contributed by atoms with Crippen molar-refractivity contribution in [1.82, 2.24) is 10.6 Å². The molecule has 0 radical (unpaired) electrons. The molecule has 0 unspecified atom stereocenters. The first kappa shape index (κ1) is 20.0. The minimum absolute atomic E-state index is 0.428. The molecule has 2 rings (SSSR count). The molecule has 0 bridgehead atoms. The van der Waals surface area contributed by atoms with E-state index in [9.17, 15) is 0 Å². The van der Waals surface area contributed by atoms with Crippen molar-refractivity contribution in [3.8, 4) is 11.5 Å². The molecule has 0 aliphatic rings. The van der Waals surface area contributed by atoms with Gasteiger partial charge in [-0.25, -0.2) is 0 Å². The Bertz CT molecular complexity index is 682. The first-order valence-corrected chi connectivity index (χ1v) is 9.40. The maximum atomic E-state index is 6.02. The van der Waals surface area contributed by atoms with Crippen LogP contribution in [-0.2, 0) is 13.2 Å². The summed E-state index contributed by atoms with van der Waals surface area (Å²) in [7, 11) is 3.61. The Hall–Kier alpha value is -1.27. The summed E-state index contributed by atoms with van der Waals surface area (Å²) in [5.41, 5.74) is 2.15. The molecular formula is C19H24BrClN2O2. The Kier molecular flexibility index (Phi) is 8.55. The Morgan fingerprint density at radius 1 is 1.12 bits per heavy atom. The molecule has 2 aromatic carbocycles. The van der Waals surface area contributed by atoms with Crippen LogP contribution in [0.1, 0.15) is 17.5 Å². The van der Waals surface area contributed by atoms with E-state index in [2.05, 4.69) is 32.6 Å². The minimum Gasteiger partial charge on any atom is -0.493 e. The van der Waals surface area contributed by atoms with Gasteiger partial charge in [0.15, 0.2) is 11.5 Å². The zero-order valence-electron chi connectivity index (χ0n) is 14.6. The number of nitrogens with one attached hydrogen (secondary N) is 2. The smallest absolute Gasteiger partial charge is 0.175 e. The van der Waals surface area contributed by atoms with Gasteiger partial charge in [-0.2, -0.15) is 0 Å². The van der Waals surface area contributed by atoms with Gasteiger partial charge < -0.3 is 20.1 Å². The number of halogens is 2. The molecule has 0 aliphatic heterocycles. The Morgan fingerprint density at radius 2 is 1.96 bits per heavy atom. The summed E-state index contributed by atoms with van der Waals surface area (Å²) in [6.45, 7) is 3.19. The molecule has 136 valence electrons. The van der Waals surface area contributed by atoms with E-state index in [0.29, 0.717) is 23.1 Å². The fourth-order valence-electron chi connectivity index (χ4n) is 2.42. The SMILES string of the molecule is CNCCCNCc1cc(Br)c(OCc2cccc(Cl)c2)c(OC)c1. The van der Waals surface area contributed by atoms with Gasteiger partial charge in [-0.3, -0.25) is 0 Å². The number of ether oxygens (including phenoxy) is 2. The second-order valence-corrected chi connectivity index (χ2v) is 6.95. The van der Waals surface area contributed by atoms with Crippen molar-refractivity contribution in [2.24, 2.45) is 0 Å². The maximum Gasteiger partial charge on any atom is 0.175 e. The molecule has 0 amide bonds. The lowest BCUT2D eigenvalue weighted by molar-refractivity contribution is 0.282. The van der Waals surface area contributed by atoms with Gasteiger partial charge in [-0.15, -0.1) is 0 Å². The molecule has 2 aromatic rings. The summed E-state index contributed by atoms with van der Waals surface area (Å²) in [5, 5.41) is 7.27. The lowest BCUT2D eigenvalue weighted by atomic mass is 10.2. The topological polar surface area (TPSA) is 42.5 Å². The average Bonchev–Trinajstić information content (AvgIpc) is 2.60. The minimum atomic E-state index is 0.428. The largest absolute Gasteiger partial charge is 0.493 e. The van der Waals surface area contributed by atoms with E-state index in [0.717, 1.165) is 41.7 Å². The zero-order chi connectivity index (χ0) is 18.1. The van der Waals surface area contributed by atoms with Crippen molar-refractivity contribution in [2.45, 2.75) is 19.6 Å². The maximum absolute atomic E-state index is 6.02. The average molecular weight is 428 g/mol. The molecule has 25 heavy (non-hydrogen) atoms. The number of hydrogen-bond donors (Lipinski definition) is 2.